The van der Waals surface area contributed by atoms with Gasteiger partial charge >= 0.3 is 17.9 Å². The Kier molecular flexibility index (Phi) is 18.7. The quantitative estimate of drug-likeness (QED) is 0.151. The predicted molar refractivity (Wildman–Crippen MR) is 185 cm³/mol. The summed E-state index contributed by atoms with van der Waals surface area (Å²) in [7, 11) is -0.183. The van der Waals surface area contributed by atoms with Gasteiger partial charge in [0.15, 0.2) is 0 Å². The van der Waals surface area contributed by atoms with Gasteiger partial charge in [-0.1, -0.05) is 96.7 Å². The average Bonchev–Trinajstić information content (AvgIpc) is 2.80. The molecule has 0 aliphatic rings. The van der Waals surface area contributed by atoms with E-state index in [0.717, 1.165) is 0 Å². The standard InChI is InChI=1S/C10H12BrCl2NO2Si.C7H4BrCl2NO2.C6H2BrCl2NO2.CH4/c1-17(2,3)5-16-10(15)8-6(11)4-7(12)14-9(8)13;1-13-7(12)5-3(8)2-4(9)11-6(5)10;7-2-1-3(8)10-5(9)4(2)6(11)12;/h4H,5H2,1-3H3;2H,1H3;1H,(H,11,12);1H4. The summed E-state index contributed by atoms with van der Waals surface area (Å²) >= 11 is 43.2. The maximum absolute atomic E-state index is 11.8. The summed E-state index contributed by atoms with van der Waals surface area (Å²) < 4.78 is 11.0. The minimum Gasteiger partial charge on any atom is -0.478 e. The third-order valence-corrected chi connectivity index (χ3v) is 8.42. The number of pyridine rings is 3. The topological polar surface area (TPSA) is 129 Å². The van der Waals surface area contributed by atoms with Crippen LogP contribution in [-0.4, -0.2) is 59.4 Å². The maximum Gasteiger partial charge on any atom is 0.342 e. The molecular weight excluding hydrogens is 907 g/mol. The first kappa shape index (κ1) is 42.3. The number of methoxy groups -OCH3 is 1. The van der Waals surface area contributed by atoms with Gasteiger partial charge in [-0.15, -0.1) is 0 Å². The van der Waals surface area contributed by atoms with Crippen molar-refractivity contribution < 1.29 is 29.0 Å². The van der Waals surface area contributed by atoms with E-state index in [2.05, 4.69) is 87.1 Å². The van der Waals surface area contributed by atoms with Crippen LogP contribution in [0.3, 0.4) is 0 Å². The monoisotopic (exact) mass is 923 g/mol. The molecular formula is C24H22Br3Cl6N3O6Si. The highest BCUT2D eigenvalue weighted by atomic mass is 79.9. The third kappa shape index (κ3) is 14.1. The van der Waals surface area contributed by atoms with Gasteiger partial charge in [-0.3, -0.25) is 0 Å². The number of hydrogen-bond acceptors (Lipinski definition) is 8. The van der Waals surface area contributed by atoms with E-state index >= 15 is 0 Å². The molecule has 0 atom stereocenters. The van der Waals surface area contributed by atoms with E-state index in [1.54, 1.807) is 0 Å². The maximum atomic E-state index is 11.8. The summed E-state index contributed by atoms with van der Waals surface area (Å²) in [6, 6.07) is 4.36. The number of carbonyl (C=O) groups is 3. The number of carboxylic acids is 1. The SMILES string of the molecule is C.COC(=O)c1c(Br)cc(Cl)nc1Cl.C[Si](C)(C)COC(=O)c1c(Br)cc(Cl)nc1Cl.O=C(O)c1c(Br)cc(Cl)nc1Cl. The Morgan fingerprint density at radius 2 is 1.05 bits per heavy atom. The number of rotatable bonds is 5. The smallest absolute Gasteiger partial charge is 0.342 e. The molecule has 0 fully saturated rings. The van der Waals surface area contributed by atoms with Crippen molar-refractivity contribution in [1.82, 2.24) is 15.0 Å². The van der Waals surface area contributed by atoms with Crippen LogP contribution in [-0.2, 0) is 9.47 Å². The van der Waals surface area contributed by atoms with Crippen LogP contribution in [0.1, 0.15) is 38.5 Å². The molecule has 0 radical (unpaired) electrons. The minimum absolute atomic E-state index is 0. The molecule has 9 nitrogen and oxygen atoms in total. The number of ether oxygens (including phenoxy) is 2. The van der Waals surface area contributed by atoms with Crippen molar-refractivity contribution in [2.45, 2.75) is 27.1 Å². The van der Waals surface area contributed by atoms with Gasteiger partial charge in [0.05, 0.1) is 21.4 Å². The van der Waals surface area contributed by atoms with Gasteiger partial charge in [0.2, 0.25) is 0 Å². The van der Waals surface area contributed by atoms with E-state index in [0.29, 0.717) is 19.6 Å². The first-order chi connectivity index (χ1) is 19.3. The lowest BCUT2D eigenvalue weighted by Crippen LogP contribution is -2.30. The van der Waals surface area contributed by atoms with E-state index in [1.807, 2.05) is 0 Å². The molecule has 0 aliphatic heterocycles. The van der Waals surface area contributed by atoms with Crippen LogP contribution in [0.5, 0.6) is 0 Å². The molecule has 43 heavy (non-hydrogen) atoms. The fourth-order valence-electron chi connectivity index (χ4n) is 2.38. The summed E-state index contributed by atoms with van der Waals surface area (Å²) in [5.41, 5.74) is 0.309. The van der Waals surface area contributed by atoms with E-state index in [-0.39, 0.29) is 55.0 Å². The van der Waals surface area contributed by atoms with Crippen molar-refractivity contribution in [2.75, 3.05) is 13.3 Å². The number of aromatic carboxylic acids is 1. The molecule has 19 heteroatoms. The summed E-state index contributed by atoms with van der Waals surface area (Å²) in [5.74, 6) is -2.18. The average molecular weight is 929 g/mol. The van der Waals surface area contributed by atoms with Crippen LogP contribution < -0.4 is 0 Å². The molecule has 0 spiro atoms. The summed E-state index contributed by atoms with van der Waals surface area (Å²) in [6.07, 6.45) is 0.442. The van der Waals surface area contributed by atoms with Gasteiger partial charge < -0.3 is 14.6 Å². The Balaban J connectivity index is 0.000000619. The van der Waals surface area contributed by atoms with E-state index in [4.69, 9.17) is 79.4 Å². The van der Waals surface area contributed by atoms with Crippen molar-refractivity contribution in [3.63, 3.8) is 0 Å². The number of carboxylic acid groups (broad SMARTS) is 1. The molecule has 0 saturated carbocycles. The Hall–Kier alpha value is -0.743. The number of nitrogens with zero attached hydrogens (tertiary/aromatic N) is 3. The molecule has 0 bridgehead atoms. The van der Waals surface area contributed by atoms with Crippen molar-refractivity contribution in [2.24, 2.45) is 0 Å². The summed E-state index contributed by atoms with van der Waals surface area (Å²) in [4.78, 5) is 44.6. The Bertz CT molecular complexity index is 1430. The zero-order chi connectivity index (χ0) is 32.5. The highest BCUT2D eigenvalue weighted by molar-refractivity contribution is 9.11. The van der Waals surface area contributed by atoms with Gasteiger partial charge in [0, 0.05) is 13.4 Å². The van der Waals surface area contributed by atoms with Gasteiger partial charge in [0.25, 0.3) is 0 Å². The van der Waals surface area contributed by atoms with Crippen molar-refractivity contribution in [3.05, 3.63) is 79.2 Å². The number of halogens is 9. The van der Waals surface area contributed by atoms with Crippen LogP contribution >= 0.6 is 117 Å². The number of esters is 2. The molecule has 0 unspecified atom stereocenters. The van der Waals surface area contributed by atoms with Gasteiger partial charge in [-0.2, -0.15) is 0 Å². The largest absolute Gasteiger partial charge is 0.478 e. The molecule has 0 aromatic carbocycles. The first-order valence-electron chi connectivity index (χ1n) is 10.8. The van der Waals surface area contributed by atoms with E-state index in [9.17, 15) is 14.4 Å². The Morgan fingerprint density at radius 3 is 1.33 bits per heavy atom. The second-order valence-electron chi connectivity index (χ2n) is 8.71. The van der Waals surface area contributed by atoms with Crippen molar-refractivity contribution >= 4 is 143 Å². The van der Waals surface area contributed by atoms with Crippen LogP contribution in [0.25, 0.3) is 0 Å². The normalized spacial score (nSPS) is 10.3. The number of hydrogen-bond donors (Lipinski definition) is 1. The third-order valence-electron chi connectivity index (χ3n) is 4.13. The molecule has 3 rings (SSSR count). The molecule has 0 amide bonds. The lowest BCUT2D eigenvalue weighted by Gasteiger charge is -2.16. The molecule has 1 N–H and O–H groups in total. The fourth-order valence-corrected chi connectivity index (χ4v) is 6.92. The molecule has 0 aliphatic carbocycles. The lowest BCUT2D eigenvalue weighted by molar-refractivity contribution is 0.0561. The van der Waals surface area contributed by atoms with E-state index < -0.39 is 26.0 Å². The zero-order valence-electron chi connectivity index (χ0n) is 21.7. The van der Waals surface area contributed by atoms with Gasteiger partial charge in [0.1, 0.15) is 47.6 Å². The van der Waals surface area contributed by atoms with E-state index in [1.165, 1.54) is 25.3 Å². The van der Waals surface area contributed by atoms with Gasteiger partial charge in [-0.05, 0) is 66.0 Å². The molecule has 3 aromatic rings. The van der Waals surface area contributed by atoms with Gasteiger partial charge in [-0.25, -0.2) is 29.3 Å². The van der Waals surface area contributed by atoms with Crippen LogP contribution in [0.2, 0.25) is 50.6 Å². The molecule has 3 heterocycles. The lowest BCUT2D eigenvalue weighted by atomic mass is 10.3. The Morgan fingerprint density at radius 1 is 0.721 bits per heavy atom. The highest BCUT2D eigenvalue weighted by Gasteiger charge is 2.22. The number of carbonyl (C=O) groups excluding carboxylic acids is 2. The zero-order valence-corrected chi connectivity index (χ0v) is 32.0. The molecule has 0 saturated heterocycles. The first-order valence-corrected chi connectivity index (χ1v) is 19.2. The van der Waals surface area contributed by atoms with Crippen LogP contribution in [0, 0.1) is 0 Å². The number of aromatic nitrogens is 3. The second kappa shape index (κ2) is 19.0. The van der Waals surface area contributed by atoms with Crippen LogP contribution in [0.4, 0.5) is 0 Å². The highest BCUT2D eigenvalue weighted by Crippen LogP contribution is 2.28. The fraction of sp³-hybridized carbons (Fsp3) is 0.250. The minimum atomic E-state index is -1.45. The second-order valence-corrected chi connectivity index (χ2v) is 18.9. The molecule has 236 valence electrons. The van der Waals surface area contributed by atoms with Crippen molar-refractivity contribution in [3.8, 4) is 0 Å². The summed E-state index contributed by atoms with van der Waals surface area (Å²) in [6.45, 7) is 6.32. The van der Waals surface area contributed by atoms with Crippen molar-refractivity contribution in [1.29, 1.82) is 0 Å². The predicted octanol–water partition coefficient (Wildman–Crippen LogP) is 10.6. The van der Waals surface area contributed by atoms with Crippen LogP contribution in [0.15, 0.2) is 31.6 Å². The summed E-state index contributed by atoms with van der Waals surface area (Å²) in [5, 5.41) is 9.17. The Labute approximate surface area is 304 Å². The molecule has 3 aromatic heterocycles.